The van der Waals surface area contributed by atoms with Gasteiger partial charge in [-0.25, -0.2) is 4.98 Å². The number of hydrogen-bond donors (Lipinski definition) is 2. The standard InChI is InChI=1S/C17H18N2O/c1-17(2)8-3-5-12(7-9-17)15(20)14-11-19-16-13(14)6-4-10-18-16/h3-11,15,20H,1-2H3,(H,18,19). The van der Waals surface area contributed by atoms with Gasteiger partial charge >= 0.3 is 0 Å². The number of aliphatic hydroxyl groups excluding tert-OH is 1. The maximum atomic E-state index is 10.6. The van der Waals surface area contributed by atoms with E-state index < -0.39 is 6.10 Å². The number of nitrogens with one attached hydrogen (secondary N) is 1. The molecule has 0 spiro atoms. The average Bonchev–Trinajstić information content (AvgIpc) is 2.77. The first kappa shape index (κ1) is 12.9. The van der Waals surface area contributed by atoms with Gasteiger partial charge < -0.3 is 10.1 Å². The summed E-state index contributed by atoms with van der Waals surface area (Å²) in [5, 5.41) is 11.6. The summed E-state index contributed by atoms with van der Waals surface area (Å²) in [4.78, 5) is 7.35. The topological polar surface area (TPSA) is 48.9 Å². The van der Waals surface area contributed by atoms with Crippen molar-refractivity contribution in [2.45, 2.75) is 20.0 Å². The largest absolute Gasteiger partial charge is 0.384 e. The van der Waals surface area contributed by atoms with Gasteiger partial charge in [0.1, 0.15) is 11.8 Å². The number of allylic oxidation sites excluding steroid dienone is 4. The van der Waals surface area contributed by atoms with E-state index in [2.05, 4.69) is 36.0 Å². The van der Waals surface area contributed by atoms with Gasteiger partial charge in [0.05, 0.1) is 0 Å². The number of fused-ring (bicyclic) bond motifs is 1. The highest BCUT2D eigenvalue weighted by Gasteiger charge is 2.18. The first-order valence-corrected chi connectivity index (χ1v) is 6.75. The Hall–Kier alpha value is -2.13. The third-order valence-electron chi connectivity index (χ3n) is 3.61. The summed E-state index contributed by atoms with van der Waals surface area (Å²) in [5.74, 6) is 0. The molecular formula is C17H18N2O. The molecule has 0 aromatic carbocycles. The average molecular weight is 266 g/mol. The van der Waals surface area contributed by atoms with Crippen LogP contribution in [0.5, 0.6) is 0 Å². The van der Waals surface area contributed by atoms with Gasteiger partial charge in [0.25, 0.3) is 0 Å². The summed E-state index contributed by atoms with van der Waals surface area (Å²) in [6, 6.07) is 3.85. The monoisotopic (exact) mass is 266 g/mol. The Labute approximate surface area is 118 Å². The van der Waals surface area contributed by atoms with E-state index in [1.165, 1.54) is 0 Å². The Morgan fingerprint density at radius 1 is 1.30 bits per heavy atom. The van der Waals surface area contributed by atoms with Gasteiger partial charge in [-0.1, -0.05) is 44.2 Å². The summed E-state index contributed by atoms with van der Waals surface area (Å²) in [6.45, 7) is 4.28. The van der Waals surface area contributed by atoms with Crippen molar-refractivity contribution in [2.24, 2.45) is 5.41 Å². The summed E-state index contributed by atoms with van der Waals surface area (Å²) in [7, 11) is 0. The first-order valence-electron chi connectivity index (χ1n) is 6.75. The van der Waals surface area contributed by atoms with E-state index in [0.717, 1.165) is 22.2 Å². The number of hydrogen-bond acceptors (Lipinski definition) is 2. The Balaban J connectivity index is 1.99. The van der Waals surface area contributed by atoms with Gasteiger partial charge in [-0.3, -0.25) is 0 Å². The Kier molecular flexibility index (Phi) is 3.07. The van der Waals surface area contributed by atoms with Crippen LogP contribution in [0.25, 0.3) is 11.0 Å². The fourth-order valence-electron chi connectivity index (χ4n) is 2.39. The number of rotatable bonds is 2. The number of H-pyrrole nitrogens is 1. The van der Waals surface area contributed by atoms with Crippen LogP contribution in [0.3, 0.4) is 0 Å². The van der Waals surface area contributed by atoms with Crippen LogP contribution in [-0.4, -0.2) is 15.1 Å². The summed E-state index contributed by atoms with van der Waals surface area (Å²) in [6.07, 6.45) is 13.1. The van der Waals surface area contributed by atoms with Gasteiger partial charge in [-0.05, 0) is 17.7 Å². The molecule has 0 saturated carbocycles. The minimum absolute atomic E-state index is 0.0136. The second-order valence-electron chi connectivity index (χ2n) is 5.73. The molecule has 20 heavy (non-hydrogen) atoms. The van der Waals surface area contributed by atoms with E-state index >= 15 is 0 Å². The maximum absolute atomic E-state index is 10.6. The van der Waals surface area contributed by atoms with Gasteiger partial charge in [0.15, 0.2) is 0 Å². The summed E-state index contributed by atoms with van der Waals surface area (Å²) < 4.78 is 0. The Morgan fingerprint density at radius 2 is 2.15 bits per heavy atom. The van der Waals surface area contributed by atoms with Crippen LogP contribution in [-0.2, 0) is 0 Å². The quantitative estimate of drug-likeness (QED) is 0.871. The van der Waals surface area contributed by atoms with Crippen LogP contribution >= 0.6 is 0 Å². The van der Waals surface area contributed by atoms with Gasteiger partial charge in [0.2, 0.25) is 0 Å². The van der Waals surface area contributed by atoms with Crippen LogP contribution in [0.1, 0.15) is 25.5 Å². The molecule has 0 radical (unpaired) electrons. The molecule has 2 aromatic heterocycles. The lowest BCUT2D eigenvalue weighted by atomic mass is 9.92. The van der Waals surface area contributed by atoms with Crippen molar-refractivity contribution in [2.75, 3.05) is 0 Å². The minimum atomic E-state index is -0.650. The fourth-order valence-corrected chi connectivity index (χ4v) is 2.39. The van der Waals surface area contributed by atoms with Crippen molar-refractivity contribution in [3.63, 3.8) is 0 Å². The van der Waals surface area contributed by atoms with Crippen LogP contribution in [0.2, 0.25) is 0 Å². The lowest BCUT2D eigenvalue weighted by Gasteiger charge is -2.14. The summed E-state index contributed by atoms with van der Waals surface area (Å²) in [5.41, 5.74) is 2.56. The molecule has 0 saturated heterocycles. The predicted octanol–water partition coefficient (Wildman–Crippen LogP) is 3.67. The molecule has 3 heteroatoms. The van der Waals surface area contributed by atoms with Gasteiger partial charge in [-0.15, -0.1) is 0 Å². The number of pyridine rings is 1. The SMILES string of the molecule is CC1(C)C=CC=C(C(O)c2c[nH]c3ncccc23)C=C1. The van der Waals surface area contributed by atoms with Crippen molar-refractivity contribution >= 4 is 11.0 Å². The molecule has 1 aliphatic rings. The molecule has 3 nitrogen and oxygen atoms in total. The third kappa shape index (κ3) is 2.32. The molecule has 1 atom stereocenters. The van der Waals surface area contributed by atoms with Crippen molar-refractivity contribution in [3.8, 4) is 0 Å². The zero-order valence-electron chi connectivity index (χ0n) is 11.7. The third-order valence-corrected chi connectivity index (χ3v) is 3.61. The van der Waals surface area contributed by atoms with Crippen LogP contribution in [0.15, 0.2) is 60.5 Å². The highest BCUT2D eigenvalue weighted by molar-refractivity contribution is 5.80. The van der Waals surface area contributed by atoms with E-state index in [0.29, 0.717) is 0 Å². The smallest absolute Gasteiger partial charge is 0.137 e. The maximum Gasteiger partial charge on any atom is 0.137 e. The molecule has 1 aliphatic carbocycles. The van der Waals surface area contributed by atoms with E-state index in [1.54, 1.807) is 6.20 Å². The normalized spacial score (nSPS) is 18.9. The molecule has 3 rings (SSSR count). The van der Waals surface area contributed by atoms with Gasteiger partial charge in [-0.2, -0.15) is 0 Å². The number of aromatic amines is 1. The lowest BCUT2D eigenvalue weighted by molar-refractivity contribution is 0.221. The molecule has 2 aromatic rings. The van der Waals surface area contributed by atoms with Crippen LogP contribution in [0.4, 0.5) is 0 Å². The second kappa shape index (κ2) is 4.76. The van der Waals surface area contributed by atoms with E-state index in [-0.39, 0.29) is 5.41 Å². The predicted molar refractivity (Wildman–Crippen MR) is 81.2 cm³/mol. The van der Waals surface area contributed by atoms with Crippen molar-refractivity contribution in [3.05, 3.63) is 66.0 Å². The second-order valence-corrected chi connectivity index (χ2v) is 5.73. The zero-order valence-corrected chi connectivity index (χ0v) is 11.7. The molecule has 1 unspecified atom stereocenters. The fraction of sp³-hybridized carbons (Fsp3) is 0.235. The summed E-state index contributed by atoms with van der Waals surface area (Å²) >= 11 is 0. The number of aromatic nitrogens is 2. The molecule has 0 fully saturated rings. The van der Waals surface area contributed by atoms with Crippen molar-refractivity contribution in [1.29, 1.82) is 0 Å². The molecule has 0 bridgehead atoms. The molecule has 0 aliphatic heterocycles. The van der Waals surface area contributed by atoms with Gasteiger partial charge in [0, 0.05) is 28.8 Å². The molecule has 2 N–H and O–H groups in total. The van der Waals surface area contributed by atoms with Crippen LogP contribution < -0.4 is 0 Å². The Bertz CT molecular complexity index is 719. The number of nitrogens with zero attached hydrogens (tertiary/aromatic N) is 1. The van der Waals surface area contributed by atoms with E-state index in [1.807, 2.05) is 36.6 Å². The van der Waals surface area contributed by atoms with Crippen LogP contribution in [0, 0.1) is 5.41 Å². The first-order chi connectivity index (χ1) is 9.57. The number of aliphatic hydroxyl groups is 1. The van der Waals surface area contributed by atoms with Crippen molar-refractivity contribution < 1.29 is 5.11 Å². The highest BCUT2D eigenvalue weighted by Crippen LogP contribution is 2.31. The highest BCUT2D eigenvalue weighted by atomic mass is 16.3. The lowest BCUT2D eigenvalue weighted by Crippen LogP contribution is -2.02. The Morgan fingerprint density at radius 3 is 3.00 bits per heavy atom. The minimum Gasteiger partial charge on any atom is -0.384 e. The molecule has 0 amide bonds. The van der Waals surface area contributed by atoms with Crippen molar-refractivity contribution in [1.82, 2.24) is 9.97 Å². The van der Waals surface area contributed by atoms with E-state index in [9.17, 15) is 5.11 Å². The molecule has 2 heterocycles. The molecular weight excluding hydrogens is 248 g/mol. The molecule has 102 valence electrons. The zero-order chi connectivity index (χ0) is 14.2. The van der Waals surface area contributed by atoms with E-state index in [4.69, 9.17) is 0 Å².